The molecule has 0 aromatic heterocycles. The van der Waals surface area contributed by atoms with Crippen LogP contribution in [0.1, 0.15) is 6.92 Å². The molecule has 0 aromatic rings. The molecule has 1 fully saturated rings. The Morgan fingerprint density at radius 3 is 2.90 bits per heavy atom. The molecule has 1 heterocycles. The van der Waals surface area contributed by atoms with Gasteiger partial charge in [0.1, 0.15) is 0 Å². The van der Waals surface area contributed by atoms with Gasteiger partial charge in [-0.25, -0.2) is 0 Å². The van der Waals surface area contributed by atoms with Gasteiger partial charge in [-0.15, -0.1) is 0 Å². The van der Waals surface area contributed by atoms with Crippen LogP contribution in [-0.2, 0) is 0 Å². The molecule has 54 valence electrons. The van der Waals surface area contributed by atoms with Crippen LogP contribution in [-0.4, -0.2) is 19.3 Å². The van der Waals surface area contributed by atoms with E-state index in [2.05, 4.69) is 16.9 Å². The highest BCUT2D eigenvalue weighted by atomic mass is 14.9. The van der Waals surface area contributed by atoms with E-state index >= 15 is 0 Å². The van der Waals surface area contributed by atoms with Gasteiger partial charge in [-0.2, -0.15) is 0 Å². The Hall–Kier alpha value is -0.890. The molecular formula is C8H12N2. The van der Waals surface area contributed by atoms with Crippen molar-refractivity contribution in [2.75, 3.05) is 13.1 Å². The molecule has 1 aliphatic rings. The molecule has 0 saturated carbocycles. The van der Waals surface area contributed by atoms with Gasteiger partial charge in [0.25, 0.3) is 0 Å². The molecule has 0 amide bonds. The Morgan fingerprint density at radius 1 is 1.60 bits per heavy atom. The van der Waals surface area contributed by atoms with Gasteiger partial charge < -0.3 is 5.32 Å². The molecule has 1 rings (SSSR count). The first-order valence-corrected chi connectivity index (χ1v) is 3.40. The van der Waals surface area contributed by atoms with E-state index < -0.39 is 0 Å². The zero-order chi connectivity index (χ0) is 7.40. The van der Waals surface area contributed by atoms with Gasteiger partial charge in [-0.3, -0.25) is 4.99 Å². The van der Waals surface area contributed by atoms with E-state index in [0.29, 0.717) is 0 Å². The summed E-state index contributed by atoms with van der Waals surface area (Å²) in [6, 6.07) is 0. The molecular weight excluding hydrogens is 124 g/mol. The molecule has 0 aliphatic carbocycles. The van der Waals surface area contributed by atoms with Crippen molar-refractivity contribution in [3.63, 3.8) is 0 Å². The van der Waals surface area contributed by atoms with Gasteiger partial charge in [-0.1, -0.05) is 6.58 Å². The van der Waals surface area contributed by atoms with E-state index in [4.69, 9.17) is 0 Å². The Balaban J connectivity index is 2.62. The van der Waals surface area contributed by atoms with Crippen molar-refractivity contribution < 1.29 is 0 Å². The third-order valence-electron chi connectivity index (χ3n) is 1.49. The highest BCUT2D eigenvalue weighted by Gasteiger charge is 2.08. The first-order valence-electron chi connectivity index (χ1n) is 3.40. The lowest BCUT2D eigenvalue weighted by molar-refractivity contribution is 0.895. The summed E-state index contributed by atoms with van der Waals surface area (Å²) in [5.74, 6) is 0. The average molecular weight is 136 g/mol. The SMILES string of the molecule is C=C1CNC/C1=C/N=CC. The van der Waals surface area contributed by atoms with E-state index in [1.54, 1.807) is 6.21 Å². The van der Waals surface area contributed by atoms with Crippen molar-refractivity contribution in [3.8, 4) is 0 Å². The van der Waals surface area contributed by atoms with Crippen LogP contribution in [0.3, 0.4) is 0 Å². The molecule has 1 aliphatic heterocycles. The van der Waals surface area contributed by atoms with Gasteiger partial charge in [0.15, 0.2) is 0 Å². The van der Waals surface area contributed by atoms with E-state index in [-0.39, 0.29) is 0 Å². The van der Waals surface area contributed by atoms with E-state index in [1.165, 1.54) is 5.57 Å². The highest BCUT2D eigenvalue weighted by Crippen LogP contribution is 2.10. The van der Waals surface area contributed by atoms with Crippen molar-refractivity contribution in [2.24, 2.45) is 4.99 Å². The van der Waals surface area contributed by atoms with Crippen molar-refractivity contribution in [3.05, 3.63) is 23.9 Å². The summed E-state index contributed by atoms with van der Waals surface area (Å²) < 4.78 is 0. The number of aliphatic imine (C=N–C) groups is 1. The second-order valence-corrected chi connectivity index (χ2v) is 2.27. The number of hydrogen-bond acceptors (Lipinski definition) is 2. The first kappa shape index (κ1) is 7.22. The summed E-state index contributed by atoms with van der Waals surface area (Å²) >= 11 is 0. The summed E-state index contributed by atoms with van der Waals surface area (Å²) in [5.41, 5.74) is 2.38. The van der Waals surface area contributed by atoms with Crippen LogP contribution in [0, 0.1) is 0 Å². The van der Waals surface area contributed by atoms with Crippen molar-refractivity contribution in [2.45, 2.75) is 6.92 Å². The van der Waals surface area contributed by atoms with Crippen LogP contribution in [0.25, 0.3) is 0 Å². The summed E-state index contributed by atoms with van der Waals surface area (Å²) in [6.45, 7) is 7.61. The maximum atomic E-state index is 4.02. The molecule has 0 bridgehead atoms. The Morgan fingerprint density at radius 2 is 2.40 bits per heavy atom. The lowest BCUT2D eigenvalue weighted by Crippen LogP contribution is -2.04. The number of rotatable bonds is 1. The molecule has 0 atom stereocenters. The first-order chi connectivity index (χ1) is 4.84. The monoisotopic (exact) mass is 136 g/mol. The Labute approximate surface area is 61.4 Å². The molecule has 2 heteroatoms. The number of nitrogens with zero attached hydrogens (tertiary/aromatic N) is 1. The van der Waals surface area contributed by atoms with Gasteiger partial charge in [-0.05, 0) is 18.1 Å². The van der Waals surface area contributed by atoms with E-state index in [1.807, 2.05) is 13.1 Å². The fourth-order valence-electron chi connectivity index (χ4n) is 0.888. The Bertz CT molecular complexity index is 189. The fourth-order valence-corrected chi connectivity index (χ4v) is 0.888. The zero-order valence-electron chi connectivity index (χ0n) is 6.22. The van der Waals surface area contributed by atoms with Crippen LogP contribution in [0.5, 0.6) is 0 Å². The van der Waals surface area contributed by atoms with E-state index in [0.717, 1.165) is 18.7 Å². The molecule has 10 heavy (non-hydrogen) atoms. The molecule has 0 aromatic carbocycles. The summed E-state index contributed by atoms with van der Waals surface area (Å²) in [6.07, 6.45) is 3.64. The third-order valence-corrected chi connectivity index (χ3v) is 1.49. The van der Waals surface area contributed by atoms with Crippen LogP contribution in [0.4, 0.5) is 0 Å². The topological polar surface area (TPSA) is 24.4 Å². The Kier molecular flexibility index (Phi) is 2.40. The minimum atomic E-state index is 0.908. The quantitative estimate of drug-likeness (QED) is 0.537. The predicted octanol–water partition coefficient (Wildman–Crippen LogP) is 1.12. The predicted molar refractivity (Wildman–Crippen MR) is 44.3 cm³/mol. The molecule has 1 saturated heterocycles. The minimum Gasteiger partial charge on any atom is -0.309 e. The molecule has 0 radical (unpaired) electrons. The number of nitrogens with one attached hydrogen (secondary N) is 1. The average Bonchev–Trinajstić information content (AvgIpc) is 2.31. The standard InChI is InChI=1S/C8H12N2/c1-3-9-5-8-6-10-4-7(8)2/h3,5,10H,2,4,6H2,1H3/b8-5-,9-3?. The summed E-state index contributed by atoms with van der Waals surface area (Å²) in [5, 5.41) is 3.19. The summed E-state index contributed by atoms with van der Waals surface area (Å²) in [7, 11) is 0. The van der Waals surface area contributed by atoms with Crippen LogP contribution >= 0.6 is 0 Å². The van der Waals surface area contributed by atoms with Gasteiger partial charge in [0.2, 0.25) is 0 Å². The molecule has 0 spiro atoms. The molecule has 0 unspecified atom stereocenters. The molecule has 2 nitrogen and oxygen atoms in total. The van der Waals surface area contributed by atoms with Crippen LogP contribution < -0.4 is 5.32 Å². The fraction of sp³-hybridized carbons (Fsp3) is 0.375. The second-order valence-electron chi connectivity index (χ2n) is 2.27. The second kappa shape index (κ2) is 3.32. The normalized spacial score (nSPS) is 23.3. The lowest BCUT2D eigenvalue weighted by atomic mass is 10.2. The zero-order valence-corrected chi connectivity index (χ0v) is 6.22. The maximum Gasteiger partial charge on any atom is 0.0311 e. The largest absolute Gasteiger partial charge is 0.309 e. The minimum absolute atomic E-state index is 0.908. The number of hydrogen-bond donors (Lipinski definition) is 1. The summed E-state index contributed by atoms with van der Waals surface area (Å²) in [4.78, 5) is 4.02. The van der Waals surface area contributed by atoms with Crippen molar-refractivity contribution in [1.82, 2.24) is 5.32 Å². The van der Waals surface area contributed by atoms with Crippen LogP contribution in [0.2, 0.25) is 0 Å². The third kappa shape index (κ3) is 1.54. The highest BCUT2D eigenvalue weighted by molar-refractivity contribution is 5.55. The molecule has 1 N–H and O–H groups in total. The van der Waals surface area contributed by atoms with E-state index in [9.17, 15) is 0 Å². The van der Waals surface area contributed by atoms with Gasteiger partial charge >= 0.3 is 0 Å². The van der Waals surface area contributed by atoms with Crippen molar-refractivity contribution in [1.29, 1.82) is 0 Å². The smallest absolute Gasteiger partial charge is 0.0311 e. The van der Waals surface area contributed by atoms with Gasteiger partial charge in [0, 0.05) is 25.5 Å². The lowest BCUT2D eigenvalue weighted by Gasteiger charge is -1.90. The van der Waals surface area contributed by atoms with Crippen LogP contribution in [0.15, 0.2) is 28.9 Å². The van der Waals surface area contributed by atoms with Crippen molar-refractivity contribution >= 4 is 6.21 Å². The van der Waals surface area contributed by atoms with Gasteiger partial charge in [0.05, 0.1) is 0 Å². The maximum absolute atomic E-state index is 4.02.